The SMILES string of the molecule is CC[SiH](CC)C(CCSSSCCC(OC)[SiH](CC)CC)OC. The van der Waals surface area contributed by atoms with Crippen LogP contribution in [-0.4, -0.2) is 54.8 Å². The molecule has 0 rings (SSSR count). The Kier molecular flexibility index (Phi) is 17.9. The Morgan fingerprint density at radius 3 is 1.30 bits per heavy atom. The molecule has 0 heterocycles. The van der Waals surface area contributed by atoms with E-state index in [1.165, 1.54) is 48.5 Å². The molecule has 2 unspecified atom stereocenters. The third-order valence-electron chi connectivity index (χ3n) is 4.82. The van der Waals surface area contributed by atoms with Crippen molar-refractivity contribution in [3.63, 3.8) is 0 Å². The first kappa shape index (κ1) is 24.4. The van der Waals surface area contributed by atoms with Crippen molar-refractivity contribution < 1.29 is 9.47 Å². The van der Waals surface area contributed by atoms with Crippen LogP contribution in [0.5, 0.6) is 0 Å². The van der Waals surface area contributed by atoms with Crippen LogP contribution < -0.4 is 0 Å². The van der Waals surface area contributed by atoms with Crippen LogP contribution >= 0.6 is 31.4 Å². The largest absolute Gasteiger partial charge is 0.385 e. The highest BCUT2D eigenvalue weighted by Crippen LogP contribution is 2.36. The quantitative estimate of drug-likeness (QED) is 0.190. The van der Waals surface area contributed by atoms with Crippen molar-refractivity contribution in [2.24, 2.45) is 0 Å². The molecule has 23 heavy (non-hydrogen) atoms. The molecule has 0 aliphatic carbocycles. The van der Waals surface area contributed by atoms with Gasteiger partial charge in [0.1, 0.15) is 0 Å². The summed E-state index contributed by atoms with van der Waals surface area (Å²) in [7, 11) is 8.43. The van der Waals surface area contributed by atoms with Crippen molar-refractivity contribution in [2.45, 2.75) is 76.2 Å². The zero-order chi connectivity index (χ0) is 17.5. The lowest BCUT2D eigenvalue weighted by Crippen LogP contribution is -2.31. The van der Waals surface area contributed by atoms with Gasteiger partial charge in [0.15, 0.2) is 0 Å². The van der Waals surface area contributed by atoms with E-state index in [0.717, 1.165) is 0 Å². The Balaban J connectivity index is 3.76. The standard InChI is InChI=1S/C16H38O2S3Si2/c1-7-22(8-2)15(17-5)11-13-19-21-20-14-12-16(18-6)23(9-3)10-4/h15-16,22-23H,7-14H2,1-6H3. The van der Waals surface area contributed by atoms with Crippen molar-refractivity contribution >= 4 is 49.0 Å². The van der Waals surface area contributed by atoms with Gasteiger partial charge in [0.2, 0.25) is 0 Å². The van der Waals surface area contributed by atoms with Gasteiger partial charge in [-0.3, -0.25) is 0 Å². The fourth-order valence-electron chi connectivity index (χ4n) is 3.15. The van der Waals surface area contributed by atoms with Gasteiger partial charge >= 0.3 is 0 Å². The monoisotopic (exact) mass is 414 g/mol. The molecule has 7 heteroatoms. The number of ether oxygens (including phenoxy) is 2. The van der Waals surface area contributed by atoms with Crippen LogP contribution in [-0.2, 0) is 9.47 Å². The Morgan fingerprint density at radius 2 is 1.04 bits per heavy atom. The molecule has 0 radical (unpaired) electrons. The van der Waals surface area contributed by atoms with Crippen molar-refractivity contribution in [2.75, 3.05) is 25.7 Å². The number of rotatable bonds is 16. The zero-order valence-electron chi connectivity index (χ0n) is 16.0. The molecular formula is C16H38O2S3Si2. The molecule has 2 atom stereocenters. The molecule has 0 saturated heterocycles. The maximum Gasteiger partial charge on any atom is 0.0711 e. The number of hydrogen-bond donors (Lipinski definition) is 0. The highest BCUT2D eigenvalue weighted by atomic mass is 33.5. The van der Waals surface area contributed by atoms with Gasteiger partial charge in [-0.15, -0.1) is 0 Å². The van der Waals surface area contributed by atoms with E-state index in [1.54, 1.807) is 0 Å². The van der Waals surface area contributed by atoms with Crippen LogP contribution in [0.25, 0.3) is 0 Å². The minimum atomic E-state index is -0.672. The predicted molar refractivity (Wildman–Crippen MR) is 120 cm³/mol. The molecule has 0 saturated carbocycles. The molecule has 0 aliphatic rings. The summed E-state index contributed by atoms with van der Waals surface area (Å²) < 4.78 is 11.5. The summed E-state index contributed by atoms with van der Waals surface area (Å²) in [4.78, 5) is 0. The molecule has 0 aliphatic heterocycles. The van der Waals surface area contributed by atoms with E-state index in [-0.39, 0.29) is 0 Å². The van der Waals surface area contributed by atoms with Crippen molar-refractivity contribution in [3.8, 4) is 0 Å². The van der Waals surface area contributed by atoms with Gasteiger partial charge in [0.25, 0.3) is 0 Å². The fourth-order valence-corrected chi connectivity index (χ4v) is 12.8. The van der Waals surface area contributed by atoms with Crippen LogP contribution in [0.4, 0.5) is 0 Å². The van der Waals surface area contributed by atoms with E-state index < -0.39 is 17.6 Å². The van der Waals surface area contributed by atoms with Gasteiger partial charge in [0, 0.05) is 37.2 Å². The Labute approximate surface area is 160 Å². The summed E-state index contributed by atoms with van der Waals surface area (Å²) in [5.41, 5.74) is 1.14. The smallest absolute Gasteiger partial charge is 0.0711 e. The summed E-state index contributed by atoms with van der Waals surface area (Å²) in [6.07, 6.45) is 2.46. The minimum Gasteiger partial charge on any atom is -0.385 e. The van der Waals surface area contributed by atoms with E-state index in [1.807, 2.05) is 45.6 Å². The third-order valence-corrected chi connectivity index (χ3v) is 16.6. The van der Waals surface area contributed by atoms with Gasteiger partial charge in [0.05, 0.1) is 17.6 Å². The second kappa shape index (κ2) is 16.8. The van der Waals surface area contributed by atoms with Crippen LogP contribution in [0.15, 0.2) is 0 Å². The molecule has 0 spiro atoms. The minimum absolute atomic E-state index is 0.571. The molecule has 0 N–H and O–H groups in total. The van der Waals surface area contributed by atoms with E-state index in [9.17, 15) is 0 Å². The lowest BCUT2D eigenvalue weighted by molar-refractivity contribution is 0.158. The fraction of sp³-hybridized carbons (Fsp3) is 1.00. The van der Waals surface area contributed by atoms with Crippen molar-refractivity contribution in [1.82, 2.24) is 0 Å². The summed E-state index contributed by atoms with van der Waals surface area (Å²) in [5.74, 6) is 2.43. The maximum atomic E-state index is 5.74. The van der Waals surface area contributed by atoms with Crippen LogP contribution in [0.2, 0.25) is 24.2 Å². The Hall–Kier alpha value is 1.40. The van der Waals surface area contributed by atoms with Crippen LogP contribution in [0.1, 0.15) is 40.5 Å². The first-order valence-corrected chi connectivity index (χ1v) is 17.6. The average molecular weight is 415 g/mol. The first-order chi connectivity index (χ1) is 11.2. The highest BCUT2D eigenvalue weighted by Gasteiger charge is 2.20. The Bertz CT molecular complexity index is 231. The zero-order valence-corrected chi connectivity index (χ0v) is 20.8. The van der Waals surface area contributed by atoms with Crippen LogP contribution in [0, 0.1) is 0 Å². The molecule has 0 bridgehead atoms. The van der Waals surface area contributed by atoms with Crippen LogP contribution in [0.3, 0.4) is 0 Å². The van der Waals surface area contributed by atoms with Crippen molar-refractivity contribution in [1.29, 1.82) is 0 Å². The van der Waals surface area contributed by atoms with Gasteiger partial charge in [-0.1, -0.05) is 73.5 Å². The molecule has 2 nitrogen and oxygen atoms in total. The first-order valence-electron chi connectivity index (χ1n) is 9.14. The Morgan fingerprint density at radius 1 is 0.696 bits per heavy atom. The molecule has 140 valence electrons. The lowest BCUT2D eigenvalue weighted by Gasteiger charge is -2.22. The van der Waals surface area contributed by atoms with Gasteiger partial charge in [-0.2, -0.15) is 0 Å². The topological polar surface area (TPSA) is 18.5 Å². The van der Waals surface area contributed by atoms with E-state index in [0.29, 0.717) is 11.5 Å². The summed E-state index contributed by atoms with van der Waals surface area (Å²) >= 11 is 0. The van der Waals surface area contributed by atoms with E-state index >= 15 is 0 Å². The lowest BCUT2D eigenvalue weighted by atomic mass is 10.5. The normalized spacial score (nSPS) is 14.6. The molecular weight excluding hydrogens is 377 g/mol. The number of hydrogen-bond acceptors (Lipinski definition) is 5. The van der Waals surface area contributed by atoms with E-state index in [4.69, 9.17) is 9.47 Å². The van der Waals surface area contributed by atoms with Gasteiger partial charge in [-0.25, -0.2) is 0 Å². The summed E-state index contributed by atoms with van der Waals surface area (Å²) in [6.45, 7) is 9.33. The molecule has 0 amide bonds. The van der Waals surface area contributed by atoms with Crippen molar-refractivity contribution in [3.05, 3.63) is 0 Å². The van der Waals surface area contributed by atoms with E-state index in [2.05, 4.69) is 27.7 Å². The molecule has 0 fully saturated rings. The van der Waals surface area contributed by atoms with Gasteiger partial charge in [-0.05, 0) is 22.7 Å². The second-order valence-electron chi connectivity index (χ2n) is 5.99. The summed E-state index contributed by atoms with van der Waals surface area (Å²) in [6, 6.07) is 5.44. The second-order valence-corrected chi connectivity index (χ2v) is 18.3. The number of methoxy groups -OCH3 is 2. The summed E-state index contributed by atoms with van der Waals surface area (Å²) in [5, 5.41) is 0. The molecule has 0 aromatic carbocycles. The molecule has 0 aromatic heterocycles. The van der Waals surface area contributed by atoms with Gasteiger partial charge < -0.3 is 9.47 Å². The predicted octanol–water partition coefficient (Wildman–Crippen LogP) is 5.44. The average Bonchev–Trinajstić information content (AvgIpc) is 2.59. The highest BCUT2D eigenvalue weighted by molar-refractivity contribution is 9.09. The molecule has 0 aromatic rings. The third kappa shape index (κ3) is 10.9. The maximum absolute atomic E-state index is 5.74.